The van der Waals surface area contributed by atoms with E-state index in [1.54, 1.807) is 12.3 Å². The first-order valence-electron chi connectivity index (χ1n) is 5.67. The minimum absolute atomic E-state index is 0.303. The van der Waals surface area contributed by atoms with Crippen molar-refractivity contribution in [3.8, 4) is 6.07 Å². The van der Waals surface area contributed by atoms with Crippen LogP contribution < -0.4 is 11.1 Å². The second-order valence-electron chi connectivity index (χ2n) is 3.81. The average Bonchev–Trinajstić information content (AvgIpc) is 2.32. The molecule has 1 heterocycles. The molecular formula is C12H18N4S. The minimum atomic E-state index is 0.303. The normalized spacial score (nSPS) is 11.8. The van der Waals surface area contributed by atoms with Crippen LogP contribution in [0.25, 0.3) is 0 Å². The Morgan fingerprint density at radius 2 is 2.41 bits per heavy atom. The molecule has 1 atom stereocenters. The summed E-state index contributed by atoms with van der Waals surface area (Å²) >= 11 is 1.91. The molecule has 0 radical (unpaired) electrons. The summed E-state index contributed by atoms with van der Waals surface area (Å²) in [5, 5.41) is 12.2. The zero-order chi connectivity index (χ0) is 12.7. The Balaban J connectivity index is 2.59. The van der Waals surface area contributed by atoms with Crippen molar-refractivity contribution in [3.63, 3.8) is 0 Å². The Labute approximate surface area is 107 Å². The first-order valence-corrected chi connectivity index (χ1v) is 6.82. The van der Waals surface area contributed by atoms with Gasteiger partial charge in [0, 0.05) is 6.04 Å². The molecule has 4 nitrogen and oxygen atoms in total. The Morgan fingerprint density at radius 3 is 3.06 bits per heavy atom. The van der Waals surface area contributed by atoms with Crippen molar-refractivity contribution < 1.29 is 0 Å². The van der Waals surface area contributed by atoms with Gasteiger partial charge in [-0.05, 0) is 30.9 Å². The van der Waals surface area contributed by atoms with Gasteiger partial charge in [-0.3, -0.25) is 0 Å². The predicted molar refractivity (Wildman–Crippen MR) is 74.1 cm³/mol. The Bertz CT molecular complexity index is 400. The molecular weight excluding hydrogens is 232 g/mol. The summed E-state index contributed by atoms with van der Waals surface area (Å²) in [5.74, 6) is 2.87. The van der Waals surface area contributed by atoms with E-state index in [9.17, 15) is 0 Å². The maximum atomic E-state index is 8.98. The van der Waals surface area contributed by atoms with Crippen molar-refractivity contribution in [1.82, 2.24) is 4.98 Å². The van der Waals surface area contributed by atoms with Gasteiger partial charge in [-0.1, -0.05) is 6.92 Å². The standard InChI is InChI=1S/C12H18N4S/c1-3-17-5-4-9(2)16-12-10(7-13)6-11(14)8-15-12/h6,8-9H,3-5,14H2,1-2H3,(H,15,16). The van der Waals surface area contributed by atoms with Gasteiger partial charge in [-0.15, -0.1) is 0 Å². The van der Waals surface area contributed by atoms with Gasteiger partial charge in [0.2, 0.25) is 0 Å². The zero-order valence-corrected chi connectivity index (χ0v) is 11.0. The molecule has 1 unspecified atom stereocenters. The van der Waals surface area contributed by atoms with Crippen LogP contribution in [-0.4, -0.2) is 22.5 Å². The molecule has 17 heavy (non-hydrogen) atoms. The van der Waals surface area contributed by atoms with Crippen LogP contribution in [-0.2, 0) is 0 Å². The van der Waals surface area contributed by atoms with Gasteiger partial charge in [0.1, 0.15) is 11.9 Å². The minimum Gasteiger partial charge on any atom is -0.397 e. The maximum Gasteiger partial charge on any atom is 0.144 e. The van der Waals surface area contributed by atoms with Crippen LogP contribution in [0.2, 0.25) is 0 Å². The number of nitrogens with one attached hydrogen (secondary N) is 1. The van der Waals surface area contributed by atoms with Crippen LogP contribution in [0.1, 0.15) is 25.8 Å². The lowest BCUT2D eigenvalue weighted by Gasteiger charge is -2.15. The first-order chi connectivity index (χ1) is 8.17. The molecule has 0 aliphatic rings. The van der Waals surface area contributed by atoms with Crippen molar-refractivity contribution in [3.05, 3.63) is 17.8 Å². The van der Waals surface area contributed by atoms with E-state index in [1.807, 2.05) is 11.8 Å². The SMILES string of the molecule is CCSCCC(C)Nc1ncc(N)cc1C#N. The number of nitriles is 1. The average molecular weight is 250 g/mol. The van der Waals surface area contributed by atoms with E-state index < -0.39 is 0 Å². The third-order valence-corrected chi connectivity index (χ3v) is 3.24. The number of nitrogen functional groups attached to an aromatic ring is 1. The Hall–Kier alpha value is -1.41. The first kappa shape index (κ1) is 13.7. The molecule has 92 valence electrons. The number of rotatable bonds is 6. The van der Waals surface area contributed by atoms with Gasteiger partial charge in [-0.25, -0.2) is 4.98 Å². The quantitative estimate of drug-likeness (QED) is 0.759. The zero-order valence-electron chi connectivity index (χ0n) is 10.2. The number of thioether (sulfide) groups is 1. The molecule has 0 saturated heterocycles. The van der Waals surface area contributed by atoms with Gasteiger partial charge < -0.3 is 11.1 Å². The van der Waals surface area contributed by atoms with E-state index in [0.29, 0.717) is 23.1 Å². The van der Waals surface area contributed by atoms with Gasteiger partial charge in [-0.2, -0.15) is 17.0 Å². The molecule has 3 N–H and O–H groups in total. The molecule has 1 aromatic heterocycles. The maximum absolute atomic E-state index is 8.98. The van der Waals surface area contributed by atoms with Crippen molar-refractivity contribution in [2.24, 2.45) is 0 Å². The number of pyridine rings is 1. The highest BCUT2D eigenvalue weighted by atomic mass is 32.2. The smallest absolute Gasteiger partial charge is 0.144 e. The van der Waals surface area contributed by atoms with Gasteiger partial charge in [0.05, 0.1) is 17.4 Å². The lowest BCUT2D eigenvalue weighted by Crippen LogP contribution is -2.17. The molecule has 1 aromatic rings. The summed E-state index contributed by atoms with van der Waals surface area (Å²) < 4.78 is 0. The summed E-state index contributed by atoms with van der Waals surface area (Å²) in [5.41, 5.74) is 6.60. The molecule has 0 aromatic carbocycles. The number of anilines is 2. The fourth-order valence-corrected chi connectivity index (χ4v) is 2.20. The second-order valence-corrected chi connectivity index (χ2v) is 5.20. The lowest BCUT2D eigenvalue weighted by molar-refractivity contribution is 0.766. The van der Waals surface area contributed by atoms with E-state index in [4.69, 9.17) is 11.0 Å². The summed E-state index contributed by atoms with van der Waals surface area (Å²) in [6.07, 6.45) is 2.62. The highest BCUT2D eigenvalue weighted by Gasteiger charge is 2.07. The van der Waals surface area contributed by atoms with Crippen LogP contribution in [0.4, 0.5) is 11.5 Å². The van der Waals surface area contributed by atoms with Crippen molar-refractivity contribution in [2.45, 2.75) is 26.3 Å². The fourth-order valence-electron chi connectivity index (χ4n) is 1.39. The second kappa shape index (κ2) is 7.02. The van der Waals surface area contributed by atoms with Crippen LogP contribution in [0.5, 0.6) is 0 Å². The largest absolute Gasteiger partial charge is 0.397 e. The van der Waals surface area contributed by atoms with E-state index in [1.165, 1.54) is 0 Å². The number of hydrogen-bond acceptors (Lipinski definition) is 5. The summed E-state index contributed by atoms with van der Waals surface area (Å²) in [4.78, 5) is 4.15. The van der Waals surface area contributed by atoms with Crippen molar-refractivity contribution in [2.75, 3.05) is 22.6 Å². The van der Waals surface area contributed by atoms with E-state index >= 15 is 0 Å². The van der Waals surface area contributed by atoms with E-state index in [2.05, 4.69) is 30.2 Å². The fraction of sp³-hybridized carbons (Fsp3) is 0.500. The summed E-state index contributed by atoms with van der Waals surface area (Å²) in [6, 6.07) is 4.04. The van der Waals surface area contributed by atoms with Crippen LogP contribution in [0.3, 0.4) is 0 Å². The number of aromatic nitrogens is 1. The van der Waals surface area contributed by atoms with Gasteiger partial charge in [0.15, 0.2) is 0 Å². The van der Waals surface area contributed by atoms with Gasteiger partial charge in [0.25, 0.3) is 0 Å². The molecule has 5 heteroatoms. The molecule has 0 bridgehead atoms. The highest BCUT2D eigenvalue weighted by molar-refractivity contribution is 7.99. The van der Waals surface area contributed by atoms with Crippen LogP contribution in [0, 0.1) is 11.3 Å². The monoisotopic (exact) mass is 250 g/mol. The summed E-state index contributed by atoms with van der Waals surface area (Å²) in [6.45, 7) is 4.24. The molecule has 0 fully saturated rings. The van der Waals surface area contributed by atoms with Crippen LogP contribution in [0.15, 0.2) is 12.3 Å². The third kappa shape index (κ3) is 4.53. The molecule has 1 rings (SSSR count). The van der Waals surface area contributed by atoms with E-state index in [0.717, 1.165) is 17.9 Å². The molecule has 0 spiro atoms. The Kier molecular flexibility index (Phi) is 5.64. The number of nitrogens with two attached hydrogens (primary N) is 1. The topological polar surface area (TPSA) is 74.7 Å². The highest BCUT2D eigenvalue weighted by Crippen LogP contribution is 2.16. The third-order valence-electron chi connectivity index (χ3n) is 2.31. The Morgan fingerprint density at radius 1 is 1.65 bits per heavy atom. The molecule has 0 saturated carbocycles. The lowest BCUT2D eigenvalue weighted by atomic mass is 10.2. The molecule has 0 aliphatic heterocycles. The molecule has 0 amide bonds. The molecule has 0 aliphatic carbocycles. The van der Waals surface area contributed by atoms with Crippen LogP contribution >= 0.6 is 11.8 Å². The van der Waals surface area contributed by atoms with E-state index in [-0.39, 0.29) is 0 Å². The van der Waals surface area contributed by atoms with Crippen molar-refractivity contribution in [1.29, 1.82) is 5.26 Å². The number of hydrogen-bond donors (Lipinski definition) is 2. The van der Waals surface area contributed by atoms with Crippen molar-refractivity contribution >= 4 is 23.3 Å². The van der Waals surface area contributed by atoms with Gasteiger partial charge >= 0.3 is 0 Å². The predicted octanol–water partition coefficient (Wildman–Crippen LogP) is 2.48. The summed E-state index contributed by atoms with van der Waals surface area (Å²) in [7, 11) is 0. The number of nitrogens with zero attached hydrogens (tertiary/aromatic N) is 2.